The minimum absolute atomic E-state index is 0.0642. The predicted octanol–water partition coefficient (Wildman–Crippen LogP) is 3.79. The molecule has 110 valence electrons. The number of ether oxygens (including phenoxy) is 1. The van der Waals surface area contributed by atoms with Crippen LogP contribution in [0, 0.1) is 10.1 Å². The van der Waals surface area contributed by atoms with Crippen molar-refractivity contribution < 1.29 is 14.8 Å². The van der Waals surface area contributed by atoms with Crippen molar-refractivity contribution in [1.82, 2.24) is 0 Å². The minimum Gasteiger partial charge on any atom is -0.486 e. The zero-order valence-corrected chi connectivity index (χ0v) is 11.9. The van der Waals surface area contributed by atoms with Gasteiger partial charge in [0, 0.05) is 17.7 Å². The SMILES string of the molecule is CC(Oc1ccc([N+](=O)[O-])cc1[C@@H](C)O)c1ccccc1. The lowest BCUT2D eigenvalue weighted by Gasteiger charge is -2.18. The van der Waals surface area contributed by atoms with Crippen LogP contribution in [0.2, 0.25) is 0 Å². The minimum atomic E-state index is -0.845. The third-order valence-electron chi connectivity index (χ3n) is 3.23. The third kappa shape index (κ3) is 3.58. The van der Waals surface area contributed by atoms with Crippen LogP contribution in [-0.2, 0) is 0 Å². The van der Waals surface area contributed by atoms with E-state index < -0.39 is 11.0 Å². The van der Waals surface area contributed by atoms with E-state index in [1.165, 1.54) is 18.2 Å². The van der Waals surface area contributed by atoms with Crippen molar-refractivity contribution >= 4 is 5.69 Å². The van der Waals surface area contributed by atoms with Gasteiger partial charge in [-0.05, 0) is 25.5 Å². The molecule has 0 radical (unpaired) electrons. The van der Waals surface area contributed by atoms with Gasteiger partial charge in [-0.15, -0.1) is 0 Å². The topological polar surface area (TPSA) is 72.6 Å². The number of rotatable bonds is 5. The Labute approximate surface area is 123 Å². The van der Waals surface area contributed by atoms with Gasteiger partial charge in [0.05, 0.1) is 11.0 Å². The lowest BCUT2D eigenvalue weighted by atomic mass is 10.1. The van der Waals surface area contributed by atoms with E-state index in [9.17, 15) is 15.2 Å². The fraction of sp³-hybridized carbons (Fsp3) is 0.250. The number of hydrogen-bond acceptors (Lipinski definition) is 4. The molecule has 2 atom stereocenters. The van der Waals surface area contributed by atoms with Crippen molar-refractivity contribution in [2.75, 3.05) is 0 Å². The normalized spacial score (nSPS) is 13.5. The molecule has 1 N–H and O–H groups in total. The van der Waals surface area contributed by atoms with E-state index in [2.05, 4.69) is 0 Å². The molecule has 5 nitrogen and oxygen atoms in total. The van der Waals surface area contributed by atoms with Gasteiger partial charge in [-0.25, -0.2) is 0 Å². The van der Waals surface area contributed by atoms with Crippen molar-refractivity contribution in [1.29, 1.82) is 0 Å². The monoisotopic (exact) mass is 287 g/mol. The molecule has 0 spiro atoms. The molecule has 0 saturated carbocycles. The van der Waals surface area contributed by atoms with Crippen LogP contribution in [0.1, 0.15) is 37.2 Å². The molecular weight excluding hydrogens is 270 g/mol. The van der Waals surface area contributed by atoms with Crippen LogP contribution >= 0.6 is 0 Å². The Balaban J connectivity index is 2.29. The second-order valence-electron chi connectivity index (χ2n) is 4.83. The Morgan fingerprint density at radius 3 is 2.38 bits per heavy atom. The maximum atomic E-state index is 10.8. The van der Waals surface area contributed by atoms with Gasteiger partial charge in [-0.2, -0.15) is 0 Å². The lowest BCUT2D eigenvalue weighted by molar-refractivity contribution is -0.385. The fourth-order valence-electron chi connectivity index (χ4n) is 2.07. The first-order valence-corrected chi connectivity index (χ1v) is 6.67. The first-order valence-electron chi connectivity index (χ1n) is 6.67. The Morgan fingerprint density at radius 2 is 1.81 bits per heavy atom. The van der Waals surface area contributed by atoms with Crippen molar-refractivity contribution in [3.63, 3.8) is 0 Å². The van der Waals surface area contributed by atoms with E-state index in [4.69, 9.17) is 4.74 Å². The molecule has 0 fully saturated rings. The molecule has 21 heavy (non-hydrogen) atoms. The van der Waals surface area contributed by atoms with Gasteiger partial charge >= 0.3 is 0 Å². The highest BCUT2D eigenvalue weighted by atomic mass is 16.6. The summed E-state index contributed by atoms with van der Waals surface area (Å²) in [5.41, 5.74) is 1.34. The summed E-state index contributed by atoms with van der Waals surface area (Å²) >= 11 is 0. The molecule has 1 unspecified atom stereocenters. The van der Waals surface area contributed by atoms with Gasteiger partial charge in [-0.3, -0.25) is 10.1 Å². The van der Waals surface area contributed by atoms with Gasteiger partial charge in [-0.1, -0.05) is 30.3 Å². The van der Waals surface area contributed by atoms with E-state index in [1.54, 1.807) is 6.92 Å². The third-order valence-corrected chi connectivity index (χ3v) is 3.23. The van der Waals surface area contributed by atoms with Crippen molar-refractivity contribution in [2.45, 2.75) is 26.1 Å². The molecule has 0 amide bonds. The maximum Gasteiger partial charge on any atom is 0.270 e. The molecule has 0 aromatic heterocycles. The Kier molecular flexibility index (Phi) is 4.55. The molecule has 5 heteroatoms. The summed E-state index contributed by atoms with van der Waals surface area (Å²) in [6.07, 6.45) is -1.06. The number of benzene rings is 2. The van der Waals surface area contributed by atoms with E-state index in [0.717, 1.165) is 5.56 Å². The van der Waals surface area contributed by atoms with E-state index in [-0.39, 0.29) is 11.8 Å². The van der Waals surface area contributed by atoms with Gasteiger partial charge in [0.2, 0.25) is 0 Å². The average Bonchev–Trinajstić information content (AvgIpc) is 2.48. The van der Waals surface area contributed by atoms with E-state index in [1.807, 2.05) is 37.3 Å². The number of nitro benzene ring substituents is 1. The highest BCUT2D eigenvalue weighted by molar-refractivity contribution is 5.45. The Morgan fingerprint density at radius 1 is 1.14 bits per heavy atom. The second kappa shape index (κ2) is 6.37. The fourth-order valence-corrected chi connectivity index (χ4v) is 2.07. The van der Waals surface area contributed by atoms with Crippen molar-refractivity contribution in [3.8, 4) is 5.75 Å². The van der Waals surface area contributed by atoms with Crippen molar-refractivity contribution in [2.24, 2.45) is 0 Å². The molecule has 0 saturated heterocycles. The highest BCUT2D eigenvalue weighted by Crippen LogP contribution is 2.32. The zero-order chi connectivity index (χ0) is 15.4. The first kappa shape index (κ1) is 15.0. The van der Waals surface area contributed by atoms with E-state index >= 15 is 0 Å². The maximum absolute atomic E-state index is 10.8. The zero-order valence-electron chi connectivity index (χ0n) is 11.9. The molecule has 2 rings (SSSR count). The van der Waals surface area contributed by atoms with Gasteiger partial charge in [0.25, 0.3) is 5.69 Å². The van der Waals surface area contributed by atoms with Gasteiger partial charge < -0.3 is 9.84 Å². The quantitative estimate of drug-likeness (QED) is 0.670. The van der Waals surface area contributed by atoms with Crippen LogP contribution in [0.5, 0.6) is 5.75 Å². The van der Waals surface area contributed by atoms with Crippen LogP contribution in [0.15, 0.2) is 48.5 Å². The van der Waals surface area contributed by atoms with Gasteiger partial charge in [0.1, 0.15) is 11.9 Å². The molecule has 0 heterocycles. The smallest absolute Gasteiger partial charge is 0.270 e. The Hall–Kier alpha value is -2.40. The number of nitrogens with zero attached hydrogens (tertiary/aromatic N) is 1. The largest absolute Gasteiger partial charge is 0.486 e. The predicted molar refractivity (Wildman–Crippen MR) is 79.2 cm³/mol. The van der Waals surface area contributed by atoms with Crippen LogP contribution in [0.4, 0.5) is 5.69 Å². The summed E-state index contributed by atoms with van der Waals surface area (Å²) in [7, 11) is 0. The van der Waals surface area contributed by atoms with Crippen molar-refractivity contribution in [3.05, 3.63) is 69.8 Å². The van der Waals surface area contributed by atoms with Crippen LogP contribution in [0.3, 0.4) is 0 Å². The molecule has 2 aromatic rings. The highest BCUT2D eigenvalue weighted by Gasteiger charge is 2.17. The molecule has 0 aliphatic rings. The number of aliphatic hydroxyl groups is 1. The van der Waals surface area contributed by atoms with E-state index in [0.29, 0.717) is 11.3 Å². The first-order chi connectivity index (χ1) is 9.99. The molecular formula is C16H17NO4. The number of aliphatic hydroxyl groups excluding tert-OH is 1. The number of non-ortho nitro benzene ring substituents is 1. The van der Waals surface area contributed by atoms with Gasteiger partial charge in [0.15, 0.2) is 0 Å². The number of hydrogen-bond donors (Lipinski definition) is 1. The summed E-state index contributed by atoms with van der Waals surface area (Å²) in [5, 5.41) is 20.6. The summed E-state index contributed by atoms with van der Waals surface area (Å²) in [4.78, 5) is 10.3. The molecule has 0 bridgehead atoms. The summed E-state index contributed by atoms with van der Waals surface area (Å²) < 4.78 is 5.84. The Bertz CT molecular complexity index is 625. The molecule has 2 aromatic carbocycles. The molecule has 0 aliphatic carbocycles. The standard InChI is InChI=1S/C16H17NO4/c1-11(18)15-10-14(17(19)20)8-9-16(15)21-12(2)13-6-4-3-5-7-13/h3-12,18H,1-2H3/t11-,12?/m1/s1. The summed E-state index contributed by atoms with van der Waals surface area (Å²) in [6.45, 7) is 3.45. The van der Waals surface area contributed by atoms with Crippen LogP contribution in [-0.4, -0.2) is 10.0 Å². The second-order valence-corrected chi connectivity index (χ2v) is 4.83. The molecule has 0 aliphatic heterocycles. The summed E-state index contributed by atoms with van der Waals surface area (Å²) in [6, 6.07) is 13.9. The average molecular weight is 287 g/mol. The summed E-state index contributed by atoms with van der Waals surface area (Å²) in [5.74, 6) is 0.451. The lowest BCUT2D eigenvalue weighted by Crippen LogP contribution is -2.06. The number of nitro groups is 1. The van der Waals surface area contributed by atoms with Crippen LogP contribution in [0.25, 0.3) is 0 Å². The van der Waals surface area contributed by atoms with Crippen LogP contribution < -0.4 is 4.74 Å².